The largest absolute Gasteiger partial charge is 0.480 e. The smallest absolute Gasteiger partial charge is 0.320 e. The van der Waals surface area contributed by atoms with E-state index in [1.165, 1.54) is 0 Å². The second-order valence-electron chi connectivity index (χ2n) is 5.97. The van der Waals surface area contributed by atoms with Crippen molar-refractivity contribution in [3.8, 4) is 0 Å². The quantitative estimate of drug-likeness (QED) is 0.792. The summed E-state index contributed by atoms with van der Waals surface area (Å²) in [5.41, 5.74) is 1.02. The number of carbonyl (C=O) groups is 1. The van der Waals surface area contributed by atoms with Crippen molar-refractivity contribution in [2.75, 3.05) is 12.3 Å². The van der Waals surface area contributed by atoms with Crippen molar-refractivity contribution < 1.29 is 18.3 Å². The van der Waals surface area contributed by atoms with E-state index in [1.54, 1.807) is 31.2 Å². The maximum atomic E-state index is 12.3. The van der Waals surface area contributed by atoms with E-state index in [-0.39, 0.29) is 5.75 Å². The molecule has 1 aliphatic carbocycles. The molecule has 1 saturated carbocycles. The van der Waals surface area contributed by atoms with Gasteiger partial charge in [0.1, 0.15) is 6.04 Å². The first-order chi connectivity index (χ1) is 10.3. The minimum absolute atomic E-state index is 0.0472. The molecule has 0 radical (unpaired) electrons. The number of benzene rings is 1. The van der Waals surface area contributed by atoms with Gasteiger partial charge in [0.15, 0.2) is 9.84 Å². The number of hydrogen-bond donors (Lipinski definition) is 1. The lowest BCUT2D eigenvalue weighted by atomic mass is 10.2. The zero-order valence-corrected chi connectivity index (χ0v) is 13.8. The molecule has 1 aromatic rings. The van der Waals surface area contributed by atoms with Crippen LogP contribution in [0.2, 0.25) is 0 Å². The third-order valence-electron chi connectivity index (χ3n) is 4.08. The van der Waals surface area contributed by atoms with Crippen LogP contribution in [0.25, 0.3) is 0 Å². The third-order valence-corrected chi connectivity index (χ3v) is 5.90. The number of carboxylic acids is 1. The maximum Gasteiger partial charge on any atom is 0.320 e. The topological polar surface area (TPSA) is 74.7 Å². The standard InChI is InChI=1S/C16H23NO4S/c1-12-4-8-15(9-5-12)22(20,21)11-3-10-17(14-6-7-14)13(2)16(18)19/h4-5,8-9,13-14H,3,6-7,10-11H2,1-2H3,(H,18,19). The summed E-state index contributed by atoms with van der Waals surface area (Å²) in [7, 11) is -3.30. The van der Waals surface area contributed by atoms with Gasteiger partial charge in [-0.1, -0.05) is 17.7 Å². The van der Waals surface area contributed by atoms with Crippen LogP contribution in [0, 0.1) is 6.92 Å². The Hall–Kier alpha value is -1.40. The Balaban J connectivity index is 1.94. The van der Waals surface area contributed by atoms with Crippen molar-refractivity contribution in [1.29, 1.82) is 0 Å². The Morgan fingerprint density at radius 3 is 2.41 bits per heavy atom. The molecule has 5 nitrogen and oxygen atoms in total. The molecule has 1 aliphatic rings. The number of aryl methyl sites for hydroxylation is 1. The van der Waals surface area contributed by atoms with Crippen LogP contribution in [-0.4, -0.2) is 48.8 Å². The summed E-state index contributed by atoms with van der Waals surface area (Å²) in [4.78, 5) is 13.4. The lowest BCUT2D eigenvalue weighted by molar-refractivity contribution is -0.142. The van der Waals surface area contributed by atoms with Gasteiger partial charge >= 0.3 is 5.97 Å². The molecule has 1 aromatic carbocycles. The average molecular weight is 325 g/mol. The Morgan fingerprint density at radius 1 is 1.32 bits per heavy atom. The zero-order chi connectivity index (χ0) is 16.3. The van der Waals surface area contributed by atoms with E-state index in [0.717, 1.165) is 18.4 Å². The first kappa shape index (κ1) is 17.0. The molecule has 1 atom stereocenters. The van der Waals surface area contributed by atoms with Gasteiger partial charge in [0.2, 0.25) is 0 Å². The van der Waals surface area contributed by atoms with E-state index in [2.05, 4.69) is 0 Å². The minimum atomic E-state index is -3.30. The van der Waals surface area contributed by atoms with Gasteiger partial charge in [-0.15, -0.1) is 0 Å². The molecule has 0 heterocycles. The summed E-state index contributed by atoms with van der Waals surface area (Å²) in [5, 5.41) is 9.13. The molecular weight excluding hydrogens is 302 g/mol. The summed E-state index contributed by atoms with van der Waals surface area (Å²) in [6, 6.07) is 6.57. The molecule has 0 amide bonds. The fourth-order valence-corrected chi connectivity index (χ4v) is 3.84. The number of rotatable bonds is 8. The van der Waals surface area contributed by atoms with Gasteiger partial charge in [-0.25, -0.2) is 8.42 Å². The molecule has 1 N–H and O–H groups in total. The Bertz CT molecular complexity index is 620. The van der Waals surface area contributed by atoms with Crippen LogP contribution in [0.1, 0.15) is 31.7 Å². The van der Waals surface area contributed by atoms with E-state index in [1.807, 2.05) is 11.8 Å². The van der Waals surface area contributed by atoms with E-state index >= 15 is 0 Å². The number of carboxylic acid groups (broad SMARTS) is 1. The lowest BCUT2D eigenvalue weighted by Crippen LogP contribution is -2.41. The van der Waals surface area contributed by atoms with E-state index in [9.17, 15) is 13.2 Å². The molecule has 2 rings (SSSR count). The van der Waals surface area contributed by atoms with Crippen LogP contribution < -0.4 is 0 Å². The minimum Gasteiger partial charge on any atom is -0.480 e. The zero-order valence-electron chi connectivity index (χ0n) is 13.0. The molecular formula is C16H23NO4S. The highest BCUT2D eigenvalue weighted by Crippen LogP contribution is 2.29. The second kappa shape index (κ2) is 6.79. The third kappa shape index (κ3) is 4.30. The molecule has 122 valence electrons. The van der Waals surface area contributed by atoms with Crippen LogP contribution in [0.3, 0.4) is 0 Å². The van der Waals surface area contributed by atoms with Crippen molar-refractivity contribution in [2.45, 2.75) is 50.1 Å². The van der Waals surface area contributed by atoms with Crippen molar-refractivity contribution >= 4 is 15.8 Å². The number of hydrogen-bond acceptors (Lipinski definition) is 4. The molecule has 22 heavy (non-hydrogen) atoms. The fourth-order valence-electron chi connectivity index (χ4n) is 2.54. The fraction of sp³-hybridized carbons (Fsp3) is 0.562. The number of nitrogens with zero attached hydrogens (tertiary/aromatic N) is 1. The molecule has 0 saturated heterocycles. The predicted molar refractivity (Wildman–Crippen MR) is 84.7 cm³/mol. The second-order valence-corrected chi connectivity index (χ2v) is 8.08. The van der Waals surface area contributed by atoms with Gasteiger partial charge in [0.25, 0.3) is 0 Å². The highest BCUT2D eigenvalue weighted by molar-refractivity contribution is 7.91. The first-order valence-corrected chi connectivity index (χ1v) is 9.24. The Morgan fingerprint density at radius 2 is 1.91 bits per heavy atom. The number of sulfone groups is 1. The van der Waals surface area contributed by atoms with Gasteiger partial charge in [0.05, 0.1) is 10.6 Å². The van der Waals surface area contributed by atoms with Crippen molar-refractivity contribution in [1.82, 2.24) is 4.90 Å². The molecule has 6 heteroatoms. The van der Waals surface area contributed by atoms with Gasteiger partial charge in [-0.3, -0.25) is 9.69 Å². The number of aliphatic carboxylic acids is 1. The summed E-state index contributed by atoms with van der Waals surface area (Å²) < 4.78 is 24.6. The Labute approximate surface area is 131 Å². The van der Waals surface area contributed by atoms with Crippen LogP contribution >= 0.6 is 0 Å². The normalized spacial score (nSPS) is 16.7. The summed E-state index contributed by atoms with van der Waals surface area (Å²) in [6.07, 6.45) is 2.45. The highest BCUT2D eigenvalue weighted by Gasteiger charge is 2.34. The van der Waals surface area contributed by atoms with Crippen molar-refractivity contribution in [2.24, 2.45) is 0 Å². The monoisotopic (exact) mass is 325 g/mol. The summed E-state index contributed by atoms with van der Waals surface area (Å²) >= 11 is 0. The molecule has 0 aliphatic heterocycles. The van der Waals surface area contributed by atoms with E-state index in [0.29, 0.717) is 23.9 Å². The molecule has 1 unspecified atom stereocenters. The van der Waals surface area contributed by atoms with Crippen LogP contribution in [0.15, 0.2) is 29.2 Å². The van der Waals surface area contributed by atoms with Gasteiger partial charge in [-0.2, -0.15) is 0 Å². The van der Waals surface area contributed by atoms with Gasteiger partial charge in [0, 0.05) is 12.6 Å². The SMILES string of the molecule is Cc1ccc(S(=O)(=O)CCCN(C2CC2)C(C)C(=O)O)cc1. The van der Waals surface area contributed by atoms with E-state index in [4.69, 9.17) is 5.11 Å². The molecule has 1 fully saturated rings. The van der Waals surface area contributed by atoms with Crippen LogP contribution in [-0.2, 0) is 14.6 Å². The molecule has 0 bridgehead atoms. The van der Waals surface area contributed by atoms with Gasteiger partial charge in [-0.05, 0) is 45.2 Å². The van der Waals surface area contributed by atoms with Crippen molar-refractivity contribution in [3.05, 3.63) is 29.8 Å². The molecule has 0 spiro atoms. The molecule has 0 aromatic heterocycles. The first-order valence-electron chi connectivity index (χ1n) is 7.59. The maximum absolute atomic E-state index is 12.3. The predicted octanol–water partition coefficient (Wildman–Crippen LogP) is 2.10. The lowest BCUT2D eigenvalue weighted by Gasteiger charge is -2.25. The van der Waals surface area contributed by atoms with Crippen LogP contribution in [0.5, 0.6) is 0 Å². The van der Waals surface area contributed by atoms with Crippen LogP contribution in [0.4, 0.5) is 0 Å². The highest BCUT2D eigenvalue weighted by atomic mass is 32.2. The summed E-state index contributed by atoms with van der Waals surface area (Å²) in [5.74, 6) is -0.806. The average Bonchev–Trinajstić information content (AvgIpc) is 3.28. The Kier molecular flexibility index (Phi) is 5.24. The van der Waals surface area contributed by atoms with Gasteiger partial charge < -0.3 is 5.11 Å². The van der Waals surface area contributed by atoms with Crippen molar-refractivity contribution in [3.63, 3.8) is 0 Å². The van der Waals surface area contributed by atoms with E-state index < -0.39 is 21.8 Å². The summed E-state index contributed by atoms with van der Waals surface area (Å²) in [6.45, 7) is 4.08.